The van der Waals surface area contributed by atoms with Crippen molar-refractivity contribution in [1.29, 1.82) is 0 Å². The SMILES string of the molecule is CC.CCCOCCOCCOCCOCCOc1ccc(-c2ccc([C@H](CC(=O)O)NC=O)cc2)c2ccccc12.CCNC(=O)CCCCNc1cccc(C)n1. The molecule has 3 aromatic carbocycles. The van der Waals surface area contributed by atoms with Crippen molar-refractivity contribution >= 4 is 34.9 Å². The zero-order valence-electron chi connectivity index (χ0n) is 35.6. The Morgan fingerprint density at radius 2 is 1.37 bits per heavy atom. The van der Waals surface area contributed by atoms with Gasteiger partial charge in [-0.2, -0.15) is 0 Å². The predicted octanol–water partition coefficient (Wildman–Crippen LogP) is 7.76. The number of fused-ring (bicyclic) bond motifs is 1. The summed E-state index contributed by atoms with van der Waals surface area (Å²) in [5.74, 6) is 0.839. The number of benzene rings is 3. The summed E-state index contributed by atoms with van der Waals surface area (Å²) in [7, 11) is 0. The molecule has 2 amide bonds. The maximum absolute atomic E-state index is 11.2. The minimum absolute atomic E-state index is 0.140. The average Bonchev–Trinajstić information content (AvgIpc) is 3.24. The summed E-state index contributed by atoms with van der Waals surface area (Å²) in [5, 5.41) is 19.8. The minimum atomic E-state index is -0.978. The predicted molar refractivity (Wildman–Crippen MR) is 234 cm³/mol. The lowest BCUT2D eigenvalue weighted by Gasteiger charge is -2.16. The van der Waals surface area contributed by atoms with E-state index in [0.29, 0.717) is 72.2 Å². The number of nitrogens with one attached hydrogen (secondary N) is 3. The van der Waals surface area contributed by atoms with Crippen LogP contribution in [0.4, 0.5) is 5.82 Å². The number of carbonyl (C=O) groups is 3. The molecule has 4 rings (SSSR count). The number of amides is 2. The third-order valence-corrected chi connectivity index (χ3v) is 8.50. The Bertz CT molecular complexity index is 1740. The van der Waals surface area contributed by atoms with E-state index in [9.17, 15) is 14.4 Å². The number of hydrogen-bond donors (Lipinski definition) is 4. The van der Waals surface area contributed by atoms with Gasteiger partial charge in [0.15, 0.2) is 0 Å². The van der Waals surface area contributed by atoms with E-state index in [2.05, 4.69) is 27.9 Å². The number of anilines is 1. The van der Waals surface area contributed by atoms with Gasteiger partial charge >= 0.3 is 5.97 Å². The average molecular weight is 819 g/mol. The molecule has 0 aliphatic rings. The fourth-order valence-corrected chi connectivity index (χ4v) is 5.74. The maximum Gasteiger partial charge on any atom is 0.305 e. The standard InChI is InChI=1S/C31H39NO8.C13H21N3O.C2H6/c1-2-13-36-14-15-37-16-17-38-18-19-39-20-21-40-30-12-11-26(27-5-3-4-6-28(27)30)24-7-9-25(10-8-24)29(32-23-33)22-31(34)35;1-3-14-13(17)9-4-5-10-15-12-8-6-7-11(2)16-12;1-2/h3-12,23,29H,2,13-22H2,1H3,(H,32,33)(H,34,35);6-8H,3-5,9-10H2,1-2H3,(H,14,17)(H,15,16);1-2H3/t29-;;/m0../s1. The first-order chi connectivity index (χ1) is 28.9. The number of carbonyl (C=O) groups excluding carboxylic acids is 2. The Kier molecular flexibility index (Phi) is 27.0. The smallest absolute Gasteiger partial charge is 0.305 e. The van der Waals surface area contributed by atoms with E-state index in [-0.39, 0.29) is 12.3 Å². The van der Waals surface area contributed by atoms with Gasteiger partial charge < -0.3 is 44.7 Å². The fraction of sp³-hybridized carbons (Fsp3) is 0.478. The number of ether oxygens (including phenoxy) is 5. The summed E-state index contributed by atoms with van der Waals surface area (Å²) >= 11 is 0. The maximum atomic E-state index is 11.2. The second-order valence-corrected chi connectivity index (χ2v) is 13.0. The summed E-state index contributed by atoms with van der Waals surface area (Å²) in [6.07, 6.45) is 3.84. The largest absolute Gasteiger partial charge is 0.491 e. The number of nitrogens with zero attached hydrogens (tertiary/aromatic N) is 1. The molecule has 0 fully saturated rings. The second-order valence-electron chi connectivity index (χ2n) is 13.0. The van der Waals surface area contributed by atoms with Crippen LogP contribution in [-0.4, -0.2) is 101 Å². The molecule has 0 aliphatic heterocycles. The van der Waals surface area contributed by atoms with Crippen LogP contribution in [0.1, 0.15) is 77.1 Å². The molecule has 0 saturated heterocycles. The van der Waals surface area contributed by atoms with Gasteiger partial charge in [-0.1, -0.05) is 81.4 Å². The normalized spacial score (nSPS) is 11.0. The number of aliphatic carboxylic acids is 1. The molecule has 0 spiro atoms. The highest BCUT2D eigenvalue weighted by Gasteiger charge is 2.15. The molecule has 1 aromatic heterocycles. The van der Waals surface area contributed by atoms with E-state index in [1.807, 2.05) is 107 Å². The lowest BCUT2D eigenvalue weighted by Crippen LogP contribution is -2.22. The molecule has 0 unspecified atom stereocenters. The number of carboxylic acid groups (broad SMARTS) is 1. The molecule has 1 atom stereocenters. The molecule has 13 nitrogen and oxygen atoms in total. The van der Waals surface area contributed by atoms with E-state index in [1.54, 1.807) is 0 Å². The lowest BCUT2D eigenvalue weighted by atomic mass is 9.95. The number of carboxylic acids is 1. The van der Waals surface area contributed by atoms with E-state index in [0.717, 1.165) is 77.1 Å². The van der Waals surface area contributed by atoms with Crippen LogP contribution in [0.2, 0.25) is 0 Å². The molecule has 0 bridgehead atoms. The number of aryl methyl sites for hydroxylation is 1. The molecule has 324 valence electrons. The van der Waals surface area contributed by atoms with Gasteiger partial charge in [0.2, 0.25) is 12.3 Å². The molecule has 0 aliphatic carbocycles. The van der Waals surface area contributed by atoms with E-state index in [1.165, 1.54) is 0 Å². The quantitative estimate of drug-likeness (QED) is 0.0327. The Labute approximate surface area is 350 Å². The first-order valence-corrected chi connectivity index (χ1v) is 20.8. The molecular formula is C46H66N4O9. The summed E-state index contributed by atoms with van der Waals surface area (Å²) in [5.41, 5.74) is 3.75. The van der Waals surface area contributed by atoms with Gasteiger partial charge in [-0.05, 0) is 73.4 Å². The van der Waals surface area contributed by atoms with Crippen molar-refractivity contribution in [3.05, 3.63) is 90.1 Å². The monoisotopic (exact) mass is 818 g/mol. The van der Waals surface area contributed by atoms with Gasteiger partial charge in [0.25, 0.3) is 0 Å². The molecule has 13 heteroatoms. The van der Waals surface area contributed by atoms with Crippen LogP contribution in [0, 0.1) is 6.92 Å². The molecular weight excluding hydrogens is 753 g/mol. The highest BCUT2D eigenvalue weighted by atomic mass is 16.6. The van der Waals surface area contributed by atoms with Crippen LogP contribution in [0.25, 0.3) is 21.9 Å². The summed E-state index contributed by atoms with van der Waals surface area (Å²) in [6, 6.07) is 24.9. The second kappa shape index (κ2) is 31.9. The molecule has 59 heavy (non-hydrogen) atoms. The van der Waals surface area contributed by atoms with Crippen LogP contribution in [0.15, 0.2) is 78.9 Å². The van der Waals surface area contributed by atoms with Crippen molar-refractivity contribution in [2.45, 2.75) is 72.8 Å². The van der Waals surface area contributed by atoms with Gasteiger partial charge in [0, 0.05) is 37.2 Å². The molecule has 1 heterocycles. The van der Waals surface area contributed by atoms with Crippen molar-refractivity contribution in [1.82, 2.24) is 15.6 Å². The first-order valence-electron chi connectivity index (χ1n) is 20.8. The van der Waals surface area contributed by atoms with Crippen molar-refractivity contribution in [3.63, 3.8) is 0 Å². The van der Waals surface area contributed by atoms with Crippen LogP contribution < -0.4 is 20.7 Å². The Hall–Kier alpha value is -5.08. The zero-order valence-corrected chi connectivity index (χ0v) is 35.6. The Balaban J connectivity index is 0.000000527. The highest BCUT2D eigenvalue weighted by molar-refractivity contribution is 6.00. The summed E-state index contributed by atoms with van der Waals surface area (Å²) in [6.45, 7) is 16.4. The molecule has 0 radical (unpaired) electrons. The van der Waals surface area contributed by atoms with Gasteiger partial charge in [-0.3, -0.25) is 14.4 Å². The number of pyridine rings is 1. The molecule has 4 aromatic rings. The first kappa shape index (κ1) is 50.1. The van der Waals surface area contributed by atoms with Crippen LogP contribution in [-0.2, 0) is 33.3 Å². The molecule has 4 N–H and O–H groups in total. The third-order valence-electron chi connectivity index (χ3n) is 8.50. The van der Waals surface area contributed by atoms with Crippen LogP contribution in [0.5, 0.6) is 5.75 Å². The number of unbranched alkanes of at least 4 members (excludes halogenated alkanes) is 1. The Morgan fingerprint density at radius 1 is 0.746 bits per heavy atom. The van der Waals surface area contributed by atoms with Gasteiger partial charge in [0.1, 0.15) is 18.2 Å². The fourth-order valence-electron chi connectivity index (χ4n) is 5.74. The van der Waals surface area contributed by atoms with Crippen molar-refractivity contribution < 1.29 is 43.2 Å². The van der Waals surface area contributed by atoms with Gasteiger partial charge in [0.05, 0.1) is 58.7 Å². The minimum Gasteiger partial charge on any atom is -0.491 e. The van der Waals surface area contributed by atoms with E-state index in [4.69, 9.17) is 28.8 Å². The molecule has 0 saturated carbocycles. The van der Waals surface area contributed by atoms with Crippen molar-refractivity contribution in [2.75, 3.05) is 77.9 Å². The summed E-state index contributed by atoms with van der Waals surface area (Å²) in [4.78, 5) is 37.6. The lowest BCUT2D eigenvalue weighted by molar-refractivity contribution is -0.137. The zero-order chi connectivity index (χ0) is 42.9. The highest BCUT2D eigenvalue weighted by Crippen LogP contribution is 2.35. The number of rotatable bonds is 28. The van der Waals surface area contributed by atoms with Gasteiger partial charge in [-0.25, -0.2) is 4.98 Å². The van der Waals surface area contributed by atoms with Crippen molar-refractivity contribution in [3.8, 4) is 16.9 Å². The van der Waals surface area contributed by atoms with Gasteiger partial charge in [-0.15, -0.1) is 0 Å². The van der Waals surface area contributed by atoms with Crippen LogP contribution in [0.3, 0.4) is 0 Å². The van der Waals surface area contributed by atoms with Crippen molar-refractivity contribution in [2.24, 2.45) is 0 Å². The number of aromatic nitrogens is 1. The topological polar surface area (TPSA) is 167 Å². The third kappa shape index (κ3) is 21.0. The summed E-state index contributed by atoms with van der Waals surface area (Å²) < 4.78 is 28.0. The van der Waals surface area contributed by atoms with E-state index >= 15 is 0 Å². The van der Waals surface area contributed by atoms with E-state index < -0.39 is 12.0 Å². The Morgan fingerprint density at radius 3 is 1.97 bits per heavy atom. The van der Waals surface area contributed by atoms with Crippen LogP contribution >= 0.6 is 0 Å². The number of hydrogen-bond acceptors (Lipinski definition) is 10.